The molecule has 8 heteroatoms. The first-order chi connectivity index (χ1) is 13.0. The summed E-state index contributed by atoms with van der Waals surface area (Å²) in [6.45, 7) is 1.09. The van der Waals surface area contributed by atoms with Crippen LogP contribution < -0.4 is 0 Å². The van der Waals surface area contributed by atoms with Crippen LogP contribution in [0.15, 0.2) is 47.2 Å². The molecule has 1 fully saturated rings. The number of fused-ring (bicyclic) bond motifs is 1. The Morgan fingerprint density at radius 3 is 2.37 bits per heavy atom. The maximum absolute atomic E-state index is 13.8. The summed E-state index contributed by atoms with van der Waals surface area (Å²) in [6, 6.07) is 7.80. The van der Waals surface area contributed by atoms with Gasteiger partial charge < -0.3 is 14.2 Å². The van der Waals surface area contributed by atoms with E-state index in [9.17, 15) is 18.4 Å². The summed E-state index contributed by atoms with van der Waals surface area (Å²) < 4.78 is 32.3. The van der Waals surface area contributed by atoms with Crippen molar-refractivity contribution in [3.8, 4) is 0 Å². The third-order valence-electron chi connectivity index (χ3n) is 4.59. The predicted molar refractivity (Wildman–Crippen MR) is 92.2 cm³/mol. The molecule has 0 bridgehead atoms. The Labute approximate surface area is 153 Å². The third-order valence-corrected chi connectivity index (χ3v) is 4.59. The van der Waals surface area contributed by atoms with Crippen LogP contribution >= 0.6 is 0 Å². The minimum Gasteiger partial charge on any atom is -0.443 e. The van der Waals surface area contributed by atoms with E-state index in [0.717, 1.165) is 18.2 Å². The zero-order valence-corrected chi connectivity index (χ0v) is 14.2. The molecule has 0 aliphatic carbocycles. The number of hydrogen-bond acceptors (Lipinski definition) is 4. The predicted octanol–water partition coefficient (Wildman–Crippen LogP) is 2.70. The van der Waals surface area contributed by atoms with Crippen LogP contribution in [0.2, 0.25) is 0 Å². The standard InChI is InChI=1S/C19H15F2N3O3/c20-13-2-3-15(21)14(10-13)19(26)24-7-5-23(6-8-24)18(25)12-1-4-16-17(9-12)27-11-22-16/h1-4,9-11H,5-8H2. The molecule has 0 saturated carbocycles. The van der Waals surface area contributed by atoms with E-state index in [2.05, 4.69) is 4.98 Å². The minimum absolute atomic E-state index is 0.183. The number of oxazole rings is 1. The number of benzene rings is 2. The SMILES string of the molecule is O=C(c1ccc2ncoc2c1)N1CCN(C(=O)c2cc(F)ccc2F)CC1. The molecular formula is C19H15F2N3O3. The van der Waals surface area contributed by atoms with Gasteiger partial charge >= 0.3 is 0 Å². The molecule has 0 N–H and O–H groups in total. The van der Waals surface area contributed by atoms with E-state index >= 15 is 0 Å². The number of piperazine rings is 1. The van der Waals surface area contributed by atoms with Gasteiger partial charge in [-0.25, -0.2) is 13.8 Å². The zero-order valence-electron chi connectivity index (χ0n) is 14.2. The smallest absolute Gasteiger partial charge is 0.257 e. The normalized spacial score (nSPS) is 14.6. The Morgan fingerprint density at radius 1 is 0.926 bits per heavy atom. The summed E-state index contributed by atoms with van der Waals surface area (Å²) in [5.74, 6) is -2.20. The highest BCUT2D eigenvalue weighted by Crippen LogP contribution is 2.18. The van der Waals surface area contributed by atoms with E-state index in [4.69, 9.17) is 4.42 Å². The van der Waals surface area contributed by atoms with Crippen LogP contribution in [-0.4, -0.2) is 52.8 Å². The first-order valence-electron chi connectivity index (χ1n) is 8.40. The molecule has 138 valence electrons. The van der Waals surface area contributed by atoms with Crippen molar-refractivity contribution in [1.82, 2.24) is 14.8 Å². The summed E-state index contributed by atoms with van der Waals surface area (Å²) in [6.07, 6.45) is 1.31. The van der Waals surface area contributed by atoms with E-state index in [-0.39, 0.29) is 24.6 Å². The molecule has 1 aliphatic rings. The lowest BCUT2D eigenvalue weighted by molar-refractivity contribution is 0.0532. The first-order valence-corrected chi connectivity index (χ1v) is 8.40. The highest BCUT2D eigenvalue weighted by atomic mass is 19.1. The Hall–Kier alpha value is -3.29. The van der Waals surface area contributed by atoms with Crippen LogP contribution in [0.25, 0.3) is 11.1 Å². The number of nitrogens with zero attached hydrogens (tertiary/aromatic N) is 3. The molecule has 3 aromatic rings. The molecule has 2 aromatic carbocycles. The van der Waals surface area contributed by atoms with Crippen LogP contribution in [0.3, 0.4) is 0 Å². The van der Waals surface area contributed by atoms with Crippen molar-refractivity contribution in [2.45, 2.75) is 0 Å². The van der Waals surface area contributed by atoms with Gasteiger partial charge in [0, 0.05) is 31.7 Å². The fourth-order valence-corrected chi connectivity index (χ4v) is 3.12. The topological polar surface area (TPSA) is 66.7 Å². The Bertz CT molecular complexity index is 1030. The van der Waals surface area contributed by atoms with Gasteiger partial charge in [0.2, 0.25) is 0 Å². The second-order valence-electron chi connectivity index (χ2n) is 6.24. The second-order valence-corrected chi connectivity index (χ2v) is 6.24. The summed E-state index contributed by atoms with van der Waals surface area (Å²) >= 11 is 0. The number of carbonyl (C=O) groups is 2. The molecule has 0 unspecified atom stereocenters. The van der Waals surface area contributed by atoms with E-state index in [1.165, 1.54) is 11.3 Å². The maximum atomic E-state index is 13.8. The molecule has 6 nitrogen and oxygen atoms in total. The van der Waals surface area contributed by atoms with Crippen LogP contribution in [0.1, 0.15) is 20.7 Å². The van der Waals surface area contributed by atoms with Crippen LogP contribution in [0.5, 0.6) is 0 Å². The number of amides is 2. The Morgan fingerprint density at radius 2 is 1.63 bits per heavy atom. The van der Waals surface area contributed by atoms with Gasteiger partial charge in [-0.05, 0) is 36.4 Å². The van der Waals surface area contributed by atoms with Crippen LogP contribution in [0, 0.1) is 11.6 Å². The number of hydrogen-bond donors (Lipinski definition) is 0. The largest absolute Gasteiger partial charge is 0.443 e. The average molecular weight is 371 g/mol. The van der Waals surface area contributed by atoms with Gasteiger partial charge in [0.15, 0.2) is 12.0 Å². The lowest BCUT2D eigenvalue weighted by Crippen LogP contribution is -2.50. The molecule has 1 aliphatic heterocycles. The number of rotatable bonds is 2. The molecule has 0 spiro atoms. The fraction of sp³-hybridized carbons (Fsp3) is 0.211. The van der Waals surface area contributed by atoms with E-state index in [1.807, 2.05) is 0 Å². The van der Waals surface area contributed by atoms with Crippen molar-refractivity contribution in [3.63, 3.8) is 0 Å². The van der Waals surface area contributed by atoms with Gasteiger partial charge in [-0.15, -0.1) is 0 Å². The zero-order chi connectivity index (χ0) is 19.0. The number of aromatic nitrogens is 1. The molecule has 0 atom stereocenters. The van der Waals surface area contributed by atoms with Crippen molar-refractivity contribution < 1.29 is 22.8 Å². The quantitative estimate of drug-likeness (QED) is 0.695. The Kier molecular flexibility index (Phi) is 4.31. The molecule has 0 radical (unpaired) electrons. The van der Waals surface area contributed by atoms with E-state index in [0.29, 0.717) is 29.8 Å². The molecule has 27 heavy (non-hydrogen) atoms. The third kappa shape index (κ3) is 3.25. The maximum Gasteiger partial charge on any atom is 0.257 e. The molecule has 1 saturated heterocycles. The minimum atomic E-state index is -0.764. The van der Waals surface area contributed by atoms with Gasteiger partial charge in [-0.2, -0.15) is 0 Å². The molecule has 1 aromatic heterocycles. The van der Waals surface area contributed by atoms with Gasteiger partial charge in [-0.1, -0.05) is 0 Å². The summed E-state index contributed by atoms with van der Waals surface area (Å²) in [5, 5.41) is 0. The number of carbonyl (C=O) groups excluding carboxylic acids is 2. The van der Waals surface area contributed by atoms with Crippen LogP contribution in [-0.2, 0) is 0 Å². The summed E-state index contributed by atoms with van der Waals surface area (Å²) in [7, 11) is 0. The fourth-order valence-electron chi connectivity index (χ4n) is 3.12. The van der Waals surface area contributed by atoms with Gasteiger partial charge in [0.05, 0.1) is 5.56 Å². The lowest BCUT2D eigenvalue weighted by atomic mass is 10.1. The van der Waals surface area contributed by atoms with E-state index in [1.54, 1.807) is 23.1 Å². The highest BCUT2D eigenvalue weighted by molar-refractivity contribution is 5.97. The first kappa shape index (κ1) is 17.1. The van der Waals surface area contributed by atoms with Crippen molar-refractivity contribution in [1.29, 1.82) is 0 Å². The van der Waals surface area contributed by atoms with E-state index < -0.39 is 17.5 Å². The van der Waals surface area contributed by atoms with Gasteiger partial charge in [-0.3, -0.25) is 9.59 Å². The van der Waals surface area contributed by atoms with Gasteiger partial charge in [0.25, 0.3) is 11.8 Å². The molecule has 4 rings (SSSR count). The van der Waals surface area contributed by atoms with Gasteiger partial charge in [0.1, 0.15) is 17.2 Å². The molecule has 2 heterocycles. The van der Waals surface area contributed by atoms with Crippen molar-refractivity contribution >= 4 is 22.9 Å². The van der Waals surface area contributed by atoms with Crippen molar-refractivity contribution in [2.75, 3.05) is 26.2 Å². The second kappa shape index (κ2) is 6.79. The average Bonchev–Trinajstić information content (AvgIpc) is 3.16. The molecular weight excluding hydrogens is 356 g/mol. The Balaban J connectivity index is 1.44. The summed E-state index contributed by atoms with van der Waals surface area (Å²) in [4.78, 5) is 32.1. The van der Waals surface area contributed by atoms with Crippen LogP contribution in [0.4, 0.5) is 8.78 Å². The number of halogens is 2. The molecule has 2 amide bonds. The monoisotopic (exact) mass is 371 g/mol. The lowest BCUT2D eigenvalue weighted by Gasteiger charge is -2.34. The highest BCUT2D eigenvalue weighted by Gasteiger charge is 2.27. The van der Waals surface area contributed by atoms with Crippen molar-refractivity contribution in [2.24, 2.45) is 0 Å². The summed E-state index contributed by atoms with van der Waals surface area (Å²) in [5.41, 5.74) is 1.36. The van der Waals surface area contributed by atoms with Crippen molar-refractivity contribution in [3.05, 3.63) is 65.6 Å².